The van der Waals surface area contributed by atoms with Crippen molar-refractivity contribution in [1.82, 2.24) is 15.2 Å². The highest BCUT2D eigenvalue weighted by atomic mass is 32.2. The molecule has 0 saturated heterocycles. The van der Waals surface area contributed by atoms with Crippen LogP contribution in [0.3, 0.4) is 0 Å². The van der Waals surface area contributed by atoms with Gasteiger partial charge in [0.25, 0.3) is 10.0 Å². The van der Waals surface area contributed by atoms with Gasteiger partial charge < -0.3 is 9.84 Å². The highest BCUT2D eigenvalue weighted by Crippen LogP contribution is 2.23. The summed E-state index contributed by atoms with van der Waals surface area (Å²) in [5.41, 5.74) is 0. The first-order chi connectivity index (χ1) is 8.94. The van der Waals surface area contributed by atoms with E-state index in [1.807, 2.05) is 0 Å². The molecule has 0 amide bonds. The van der Waals surface area contributed by atoms with Gasteiger partial charge in [0.2, 0.25) is 5.95 Å². The summed E-state index contributed by atoms with van der Waals surface area (Å²) >= 11 is 0.815. The number of carboxylic acid groups (broad SMARTS) is 1. The minimum absolute atomic E-state index is 0.0403. The first kappa shape index (κ1) is 13.3. The predicted octanol–water partition coefficient (Wildman–Crippen LogP) is 0.374. The molecule has 0 aliphatic rings. The van der Waals surface area contributed by atoms with Crippen LogP contribution >= 0.6 is 11.3 Å². The van der Waals surface area contributed by atoms with Crippen molar-refractivity contribution in [1.29, 1.82) is 0 Å². The number of sulfonamides is 1. The van der Waals surface area contributed by atoms with E-state index in [0.717, 1.165) is 11.3 Å². The van der Waals surface area contributed by atoms with Crippen molar-refractivity contribution in [3.63, 3.8) is 0 Å². The molecule has 2 heterocycles. The van der Waals surface area contributed by atoms with E-state index in [2.05, 4.69) is 24.6 Å². The quantitative estimate of drug-likeness (QED) is 0.726. The molecule has 0 atom stereocenters. The van der Waals surface area contributed by atoms with Crippen molar-refractivity contribution in [2.45, 2.75) is 4.90 Å². The molecule has 9 nitrogen and oxygen atoms in total. The molecule has 0 aliphatic carbocycles. The van der Waals surface area contributed by atoms with Gasteiger partial charge in [-0.05, 0) is 11.4 Å². The number of ether oxygens (including phenoxy) is 1. The number of thiophene rings is 1. The molecule has 0 fully saturated rings. The lowest BCUT2D eigenvalue weighted by atomic mass is 10.5. The van der Waals surface area contributed by atoms with Crippen LogP contribution in [0.1, 0.15) is 9.67 Å². The molecular formula is C8H8N4O5S2. The molecule has 0 saturated carbocycles. The maximum Gasteiger partial charge on any atom is 0.347 e. The van der Waals surface area contributed by atoms with Crippen molar-refractivity contribution < 1.29 is 23.1 Å². The van der Waals surface area contributed by atoms with E-state index in [9.17, 15) is 13.2 Å². The van der Waals surface area contributed by atoms with Crippen molar-refractivity contribution in [2.24, 2.45) is 0 Å². The molecule has 2 aromatic heterocycles. The predicted molar refractivity (Wildman–Crippen MR) is 65.0 cm³/mol. The first-order valence-corrected chi connectivity index (χ1v) is 7.10. The van der Waals surface area contributed by atoms with Gasteiger partial charge in [0.15, 0.2) is 0 Å². The highest BCUT2D eigenvalue weighted by molar-refractivity contribution is 7.93. The van der Waals surface area contributed by atoms with Crippen molar-refractivity contribution in [3.05, 3.63) is 16.3 Å². The fourth-order valence-corrected chi connectivity index (χ4v) is 3.45. The molecule has 0 aromatic carbocycles. The molecular weight excluding hydrogens is 296 g/mol. The Bertz CT molecular complexity index is 704. The Balaban J connectivity index is 2.32. The van der Waals surface area contributed by atoms with Crippen molar-refractivity contribution in [3.8, 4) is 6.01 Å². The number of carbonyl (C=O) groups is 1. The molecule has 0 unspecified atom stereocenters. The Morgan fingerprint density at radius 1 is 1.58 bits per heavy atom. The molecule has 0 radical (unpaired) electrons. The van der Waals surface area contributed by atoms with Crippen LogP contribution in [0.4, 0.5) is 5.95 Å². The SMILES string of the molecule is COc1n[nH]c(NS(=O)(=O)c2ccsc2C(=O)O)n1. The number of anilines is 1. The first-order valence-electron chi connectivity index (χ1n) is 4.74. The van der Waals surface area contributed by atoms with E-state index in [4.69, 9.17) is 5.11 Å². The molecule has 0 spiro atoms. The summed E-state index contributed by atoms with van der Waals surface area (Å²) in [5.74, 6) is -1.48. The van der Waals surface area contributed by atoms with Crippen LogP contribution in [0.25, 0.3) is 0 Å². The lowest BCUT2D eigenvalue weighted by Gasteiger charge is -2.03. The van der Waals surface area contributed by atoms with Crippen LogP contribution in [-0.4, -0.2) is 41.8 Å². The summed E-state index contributed by atoms with van der Waals surface area (Å²) < 4.78 is 30.7. The summed E-state index contributed by atoms with van der Waals surface area (Å²) in [4.78, 5) is 14.0. The van der Waals surface area contributed by atoms with Crippen LogP contribution in [0.15, 0.2) is 16.3 Å². The van der Waals surface area contributed by atoms with Gasteiger partial charge in [-0.3, -0.25) is 0 Å². The highest BCUT2D eigenvalue weighted by Gasteiger charge is 2.24. The standard InChI is InChI=1S/C8H8N4O5S2/c1-17-8-9-7(10-11-8)12-19(15,16)4-2-3-18-5(4)6(13)14/h2-3H,1H3,(H,13,14)(H2,9,10,11,12). The summed E-state index contributed by atoms with van der Waals surface area (Å²) in [6.07, 6.45) is 0. The third-order valence-electron chi connectivity index (χ3n) is 1.99. The fourth-order valence-electron chi connectivity index (χ4n) is 1.23. The molecule has 0 aliphatic heterocycles. The number of carboxylic acids is 1. The van der Waals surface area contributed by atoms with Crippen LogP contribution in [0.2, 0.25) is 0 Å². The minimum atomic E-state index is -4.05. The number of aromatic amines is 1. The summed E-state index contributed by atoms with van der Waals surface area (Å²) in [6, 6.07) is 1.16. The Morgan fingerprint density at radius 2 is 2.32 bits per heavy atom. The van der Waals surface area contributed by atoms with Gasteiger partial charge >= 0.3 is 12.0 Å². The van der Waals surface area contributed by atoms with E-state index in [-0.39, 0.29) is 21.7 Å². The van der Waals surface area contributed by atoms with Crippen LogP contribution < -0.4 is 9.46 Å². The van der Waals surface area contributed by atoms with Gasteiger partial charge in [-0.2, -0.15) is 4.98 Å². The summed E-state index contributed by atoms with van der Waals surface area (Å²) in [7, 11) is -2.73. The smallest absolute Gasteiger partial charge is 0.347 e. The van der Waals surface area contributed by atoms with Gasteiger partial charge in [0.05, 0.1) is 7.11 Å². The number of methoxy groups -OCH3 is 1. The molecule has 0 bridgehead atoms. The maximum atomic E-state index is 12.0. The van der Waals surface area contributed by atoms with Crippen LogP contribution in [0, 0.1) is 0 Å². The Hall–Kier alpha value is -2.14. The number of nitrogens with zero attached hydrogens (tertiary/aromatic N) is 2. The molecule has 2 aromatic rings. The maximum absolute atomic E-state index is 12.0. The molecule has 3 N–H and O–H groups in total. The largest absolute Gasteiger partial charge is 0.477 e. The van der Waals surface area contributed by atoms with Crippen LogP contribution in [0.5, 0.6) is 6.01 Å². The monoisotopic (exact) mass is 304 g/mol. The number of aromatic nitrogens is 3. The normalized spacial score (nSPS) is 11.2. The van der Waals surface area contributed by atoms with E-state index >= 15 is 0 Å². The lowest BCUT2D eigenvalue weighted by molar-refractivity contribution is 0.0698. The van der Waals surface area contributed by atoms with Gasteiger partial charge in [0.1, 0.15) is 9.77 Å². The average molecular weight is 304 g/mol. The molecule has 19 heavy (non-hydrogen) atoms. The van der Waals surface area contributed by atoms with E-state index < -0.39 is 16.0 Å². The zero-order chi connectivity index (χ0) is 14.0. The van der Waals surface area contributed by atoms with Gasteiger partial charge in [-0.1, -0.05) is 0 Å². The van der Waals surface area contributed by atoms with Crippen molar-refractivity contribution in [2.75, 3.05) is 11.8 Å². The number of H-pyrrole nitrogens is 1. The van der Waals surface area contributed by atoms with E-state index in [1.54, 1.807) is 0 Å². The summed E-state index contributed by atoms with van der Waals surface area (Å²) in [6.45, 7) is 0. The molecule has 11 heteroatoms. The number of aromatic carboxylic acids is 1. The van der Waals surface area contributed by atoms with E-state index in [1.165, 1.54) is 18.6 Å². The number of nitrogens with one attached hydrogen (secondary N) is 2. The second-order valence-corrected chi connectivity index (χ2v) is 5.76. The van der Waals surface area contributed by atoms with Gasteiger partial charge in [0, 0.05) is 0 Å². The molecule has 2 rings (SSSR count). The number of rotatable bonds is 5. The third-order valence-corrected chi connectivity index (χ3v) is 4.40. The topological polar surface area (TPSA) is 134 Å². The van der Waals surface area contributed by atoms with Gasteiger partial charge in [-0.25, -0.2) is 23.0 Å². The Kier molecular flexibility index (Phi) is 3.40. The van der Waals surface area contributed by atoms with Crippen molar-refractivity contribution >= 4 is 33.3 Å². The number of hydrogen-bond acceptors (Lipinski definition) is 7. The second kappa shape index (κ2) is 4.85. The average Bonchev–Trinajstić information content (AvgIpc) is 2.95. The second-order valence-electron chi connectivity index (χ2n) is 3.20. The zero-order valence-electron chi connectivity index (χ0n) is 9.45. The molecule has 102 valence electrons. The summed E-state index contributed by atoms with van der Waals surface area (Å²) in [5, 5.41) is 16.1. The third kappa shape index (κ3) is 2.66. The van der Waals surface area contributed by atoms with Crippen LogP contribution in [-0.2, 0) is 10.0 Å². The lowest BCUT2D eigenvalue weighted by Crippen LogP contribution is -2.16. The zero-order valence-corrected chi connectivity index (χ0v) is 11.1. The fraction of sp³-hybridized carbons (Fsp3) is 0.125. The Morgan fingerprint density at radius 3 is 2.89 bits per heavy atom. The Labute approximate surface area is 111 Å². The minimum Gasteiger partial charge on any atom is -0.477 e. The number of hydrogen-bond donors (Lipinski definition) is 3. The van der Waals surface area contributed by atoms with Gasteiger partial charge in [-0.15, -0.1) is 16.4 Å². The van der Waals surface area contributed by atoms with E-state index in [0.29, 0.717) is 0 Å².